The zero-order chi connectivity index (χ0) is 8.97. The Morgan fingerprint density at radius 3 is 2.92 bits per heavy atom. The van der Waals surface area contributed by atoms with Crippen LogP contribution < -0.4 is 5.90 Å². The van der Waals surface area contributed by atoms with Gasteiger partial charge in [-0.3, -0.25) is 4.84 Å². The Labute approximate surface area is 74.9 Å². The van der Waals surface area contributed by atoms with E-state index in [4.69, 9.17) is 5.90 Å². The molecule has 66 valence electrons. The summed E-state index contributed by atoms with van der Waals surface area (Å²) in [6.45, 7) is 0.313. The highest BCUT2D eigenvalue weighted by atomic mass is 32.2. The predicted molar refractivity (Wildman–Crippen MR) is 47.2 cm³/mol. The van der Waals surface area contributed by atoms with Crippen molar-refractivity contribution in [3.05, 3.63) is 29.6 Å². The van der Waals surface area contributed by atoms with Gasteiger partial charge in [-0.1, -0.05) is 6.07 Å². The second-order valence-electron chi connectivity index (χ2n) is 2.28. The summed E-state index contributed by atoms with van der Waals surface area (Å²) in [6.07, 6.45) is 1.82. The Morgan fingerprint density at radius 1 is 1.58 bits per heavy atom. The fourth-order valence-corrected chi connectivity index (χ4v) is 1.42. The van der Waals surface area contributed by atoms with Gasteiger partial charge in [0.15, 0.2) is 0 Å². The van der Waals surface area contributed by atoms with E-state index >= 15 is 0 Å². The fourth-order valence-electron chi connectivity index (χ4n) is 0.890. The molecular weight excluding hydrogens is 177 g/mol. The second-order valence-corrected chi connectivity index (χ2v) is 3.13. The van der Waals surface area contributed by atoms with E-state index < -0.39 is 0 Å². The number of nitrogens with two attached hydrogens (primary N) is 1. The lowest BCUT2D eigenvalue weighted by molar-refractivity contribution is 0.124. The number of hydrogen-bond acceptors (Lipinski definition) is 3. The van der Waals surface area contributed by atoms with Crippen molar-refractivity contribution in [2.45, 2.75) is 11.5 Å². The van der Waals surface area contributed by atoms with Gasteiger partial charge >= 0.3 is 0 Å². The monoisotopic (exact) mass is 187 g/mol. The molecule has 0 unspecified atom stereocenters. The molecule has 2 nitrogen and oxygen atoms in total. The Bertz CT molecular complexity index is 267. The molecule has 4 heteroatoms. The Morgan fingerprint density at radius 2 is 2.33 bits per heavy atom. The van der Waals surface area contributed by atoms with Crippen LogP contribution in [0.5, 0.6) is 0 Å². The number of thioether (sulfide) groups is 1. The molecule has 1 rings (SSSR count). The van der Waals surface area contributed by atoms with E-state index in [0.717, 1.165) is 5.56 Å². The van der Waals surface area contributed by atoms with Crippen LogP contribution in [-0.4, -0.2) is 6.26 Å². The minimum absolute atomic E-state index is 0.205. The van der Waals surface area contributed by atoms with Crippen LogP contribution in [0.3, 0.4) is 0 Å². The van der Waals surface area contributed by atoms with Gasteiger partial charge in [-0.2, -0.15) is 0 Å². The molecule has 0 saturated heterocycles. The maximum absolute atomic E-state index is 12.9. The maximum atomic E-state index is 12.9. The van der Waals surface area contributed by atoms with E-state index in [1.54, 1.807) is 12.1 Å². The van der Waals surface area contributed by atoms with Crippen molar-refractivity contribution in [3.63, 3.8) is 0 Å². The molecule has 0 atom stereocenters. The van der Waals surface area contributed by atoms with Crippen LogP contribution in [0.25, 0.3) is 0 Å². The molecule has 2 N–H and O–H groups in total. The van der Waals surface area contributed by atoms with E-state index in [0.29, 0.717) is 11.5 Å². The highest BCUT2D eigenvalue weighted by Crippen LogP contribution is 2.20. The molecule has 0 aromatic heterocycles. The molecule has 0 heterocycles. The minimum Gasteiger partial charge on any atom is -0.300 e. The van der Waals surface area contributed by atoms with E-state index in [2.05, 4.69) is 4.84 Å². The second kappa shape index (κ2) is 4.45. The van der Waals surface area contributed by atoms with Crippen LogP contribution >= 0.6 is 11.8 Å². The van der Waals surface area contributed by atoms with Gasteiger partial charge < -0.3 is 0 Å². The lowest BCUT2D eigenvalue weighted by atomic mass is 10.2. The largest absolute Gasteiger partial charge is 0.300 e. The van der Waals surface area contributed by atoms with Crippen molar-refractivity contribution in [2.75, 3.05) is 6.26 Å². The molecule has 0 aliphatic carbocycles. The summed E-state index contributed by atoms with van der Waals surface area (Å²) in [5, 5.41) is 0. The Balaban J connectivity index is 2.89. The number of benzene rings is 1. The van der Waals surface area contributed by atoms with Gasteiger partial charge in [0.25, 0.3) is 0 Å². The number of hydrogen-bond donors (Lipinski definition) is 1. The molecule has 0 spiro atoms. The zero-order valence-electron chi connectivity index (χ0n) is 6.71. The van der Waals surface area contributed by atoms with Crippen LogP contribution in [0.1, 0.15) is 5.56 Å². The highest BCUT2D eigenvalue weighted by Gasteiger charge is 2.01. The molecule has 0 bridgehead atoms. The molecule has 12 heavy (non-hydrogen) atoms. The molecule has 1 aromatic carbocycles. The third kappa shape index (κ3) is 2.20. The van der Waals surface area contributed by atoms with Gasteiger partial charge in [0.05, 0.1) is 6.61 Å². The van der Waals surface area contributed by atoms with Gasteiger partial charge in [-0.25, -0.2) is 10.3 Å². The minimum atomic E-state index is -0.205. The van der Waals surface area contributed by atoms with E-state index in [1.807, 2.05) is 6.26 Å². The zero-order valence-corrected chi connectivity index (χ0v) is 7.53. The predicted octanol–water partition coefficient (Wildman–Crippen LogP) is 1.94. The van der Waals surface area contributed by atoms with Crippen molar-refractivity contribution < 1.29 is 9.23 Å². The molecule has 0 aliphatic heterocycles. The summed E-state index contributed by atoms with van der Waals surface area (Å²) in [7, 11) is 0. The smallest absolute Gasteiger partial charge is 0.136 e. The molecule has 0 fully saturated rings. The van der Waals surface area contributed by atoms with Gasteiger partial charge in [-0.05, 0) is 24.0 Å². The maximum Gasteiger partial charge on any atom is 0.136 e. The first kappa shape index (κ1) is 9.51. The van der Waals surface area contributed by atoms with Crippen molar-refractivity contribution in [3.8, 4) is 0 Å². The lowest BCUT2D eigenvalue weighted by Gasteiger charge is -2.02. The first-order valence-corrected chi connectivity index (χ1v) is 4.64. The van der Waals surface area contributed by atoms with Gasteiger partial charge in [0, 0.05) is 4.90 Å². The summed E-state index contributed by atoms with van der Waals surface area (Å²) in [6, 6.07) is 4.80. The third-order valence-corrected chi connectivity index (χ3v) is 2.22. The molecule has 0 amide bonds. The molecule has 0 aliphatic rings. The molecule has 1 aromatic rings. The first-order valence-electron chi connectivity index (χ1n) is 3.42. The van der Waals surface area contributed by atoms with Gasteiger partial charge in [0.1, 0.15) is 5.82 Å². The summed E-state index contributed by atoms with van der Waals surface area (Å²) in [4.78, 5) is 5.05. The molecule has 0 saturated carbocycles. The van der Waals surface area contributed by atoms with Crippen LogP contribution in [-0.2, 0) is 11.4 Å². The first-order chi connectivity index (χ1) is 5.77. The van der Waals surface area contributed by atoms with E-state index in [-0.39, 0.29) is 5.82 Å². The summed E-state index contributed by atoms with van der Waals surface area (Å²) in [5.41, 5.74) is 0.878. The van der Waals surface area contributed by atoms with Crippen molar-refractivity contribution in [1.82, 2.24) is 0 Å². The normalized spacial score (nSPS) is 10.2. The average molecular weight is 187 g/mol. The number of rotatable bonds is 3. The summed E-state index contributed by atoms with van der Waals surface area (Å²) in [5.74, 6) is 4.68. The quantitative estimate of drug-likeness (QED) is 0.580. The van der Waals surface area contributed by atoms with Gasteiger partial charge in [-0.15, -0.1) is 11.8 Å². The van der Waals surface area contributed by atoms with Crippen LogP contribution in [0, 0.1) is 5.82 Å². The number of halogens is 1. The van der Waals surface area contributed by atoms with E-state index in [1.165, 1.54) is 17.8 Å². The van der Waals surface area contributed by atoms with E-state index in [9.17, 15) is 4.39 Å². The van der Waals surface area contributed by atoms with Crippen LogP contribution in [0.4, 0.5) is 4.39 Å². The Hall–Kier alpha value is -0.580. The standard InChI is InChI=1S/C8H10FNOS/c1-12-8-4-6(5-11-10)2-3-7(8)9/h2-4H,5,10H2,1H3. The fraction of sp³-hybridized carbons (Fsp3) is 0.250. The van der Waals surface area contributed by atoms with Crippen LogP contribution in [0.2, 0.25) is 0 Å². The topological polar surface area (TPSA) is 35.2 Å². The van der Waals surface area contributed by atoms with Crippen molar-refractivity contribution in [1.29, 1.82) is 0 Å². The Kier molecular flexibility index (Phi) is 3.52. The molecular formula is C8H10FNOS. The summed E-state index contributed by atoms with van der Waals surface area (Å²) >= 11 is 1.36. The summed E-state index contributed by atoms with van der Waals surface area (Å²) < 4.78 is 12.9. The lowest BCUT2D eigenvalue weighted by Crippen LogP contribution is -1.99. The highest BCUT2D eigenvalue weighted by molar-refractivity contribution is 7.98. The van der Waals surface area contributed by atoms with Crippen molar-refractivity contribution in [2.24, 2.45) is 5.90 Å². The van der Waals surface area contributed by atoms with Crippen molar-refractivity contribution >= 4 is 11.8 Å². The van der Waals surface area contributed by atoms with Crippen LogP contribution in [0.15, 0.2) is 23.1 Å². The SMILES string of the molecule is CSc1cc(CON)ccc1F. The third-order valence-electron chi connectivity index (χ3n) is 1.47. The molecule has 0 radical (unpaired) electrons. The average Bonchev–Trinajstić information content (AvgIpc) is 2.09. The van der Waals surface area contributed by atoms with Gasteiger partial charge in [0.2, 0.25) is 0 Å².